The van der Waals surface area contributed by atoms with Crippen molar-refractivity contribution in [3.63, 3.8) is 0 Å². The molecule has 0 bridgehead atoms. The van der Waals surface area contributed by atoms with Gasteiger partial charge < -0.3 is 4.74 Å². The van der Waals surface area contributed by atoms with Crippen molar-refractivity contribution in [2.24, 2.45) is 0 Å². The molecule has 0 N–H and O–H groups in total. The van der Waals surface area contributed by atoms with E-state index in [0.29, 0.717) is 17.7 Å². The molecule has 2 aromatic rings. The molecule has 0 saturated heterocycles. The number of hydrogen-bond donors (Lipinski definition) is 0. The molecule has 0 fully saturated rings. The number of benzene rings is 2. The number of carbonyl (C=O) groups is 1. The van der Waals surface area contributed by atoms with Crippen LogP contribution >= 0.6 is 11.8 Å². The lowest BCUT2D eigenvalue weighted by atomic mass is 9.95. The quantitative estimate of drug-likeness (QED) is 0.609. The number of fused-ring (bicyclic) bond motifs is 1. The average Bonchev–Trinajstić information content (AvgIpc) is 2.64. The molecule has 0 spiro atoms. The van der Waals surface area contributed by atoms with Crippen molar-refractivity contribution in [3.8, 4) is 5.75 Å². The minimum atomic E-state index is -4.45. The highest BCUT2D eigenvalue weighted by Crippen LogP contribution is 2.36. The molecular formula is C20H17F3O2S. The third kappa shape index (κ3) is 4.12. The van der Waals surface area contributed by atoms with E-state index in [2.05, 4.69) is 6.58 Å². The Morgan fingerprint density at radius 1 is 1.15 bits per heavy atom. The highest BCUT2D eigenvalue weighted by Gasteiger charge is 2.33. The Hall–Kier alpha value is -2.21. The first-order valence-electron chi connectivity index (χ1n) is 8.13. The standard InChI is InChI=1S/C20H17F3O2S/c1-13(15-4-2-3-5-16(15)20(21,22)23)6-8-17(24)14-7-9-18-19(12-14)26-11-10-25-18/h2-5,7,9,12H,1,6,8,10-11H2. The molecule has 0 atom stereocenters. The Labute approximate surface area is 154 Å². The van der Waals surface area contributed by atoms with E-state index in [0.717, 1.165) is 22.5 Å². The zero-order valence-electron chi connectivity index (χ0n) is 13.9. The third-order valence-corrected chi connectivity index (χ3v) is 5.13. The number of ether oxygens (including phenoxy) is 1. The minimum absolute atomic E-state index is 0.0437. The van der Waals surface area contributed by atoms with E-state index in [1.807, 2.05) is 0 Å². The van der Waals surface area contributed by atoms with Crippen LogP contribution in [0.15, 0.2) is 53.9 Å². The Bertz CT molecular complexity index is 843. The number of rotatable bonds is 5. The van der Waals surface area contributed by atoms with Crippen molar-refractivity contribution in [1.82, 2.24) is 0 Å². The normalized spacial score (nSPS) is 13.7. The molecule has 0 radical (unpaired) electrons. The predicted molar refractivity (Wildman–Crippen MR) is 96.7 cm³/mol. The molecule has 1 aliphatic rings. The smallest absolute Gasteiger partial charge is 0.416 e. The van der Waals surface area contributed by atoms with Gasteiger partial charge in [0.25, 0.3) is 0 Å². The number of carbonyl (C=O) groups excluding carboxylic acids is 1. The molecule has 3 rings (SSSR count). The van der Waals surface area contributed by atoms with Crippen molar-refractivity contribution in [2.45, 2.75) is 23.9 Å². The number of allylic oxidation sites excluding steroid dienone is 1. The van der Waals surface area contributed by atoms with Gasteiger partial charge in [0.2, 0.25) is 0 Å². The minimum Gasteiger partial charge on any atom is -0.492 e. The number of ketones is 1. The molecule has 1 aliphatic heterocycles. The largest absolute Gasteiger partial charge is 0.492 e. The van der Waals surface area contributed by atoms with E-state index in [1.54, 1.807) is 30.0 Å². The molecule has 1 heterocycles. The lowest BCUT2D eigenvalue weighted by molar-refractivity contribution is -0.137. The Morgan fingerprint density at radius 2 is 1.92 bits per heavy atom. The molecule has 0 saturated carbocycles. The average molecular weight is 378 g/mol. The number of halogens is 3. The van der Waals surface area contributed by atoms with Crippen LogP contribution in [-0.2, 0) is 6.18 Å². The molecule has 0 aromatic heterocycles. The molecular weight excluding hydrogens is 361 g/mol. The van der Waals surface area contributed by atoms with Crippen LogP contribution in [0.2, 0.25) is 0 Å². The summed E-state index contributed by atoms with van der Waals surface area (Å²) in [7, 11) is 0. The maximum Gasteiger partial charge on any atom is 0.416 e. The van der Waals surface area contributed by atoms with Crippen molar-refractivity contribution < 1.29 is 22.7 Å². The van der Waals surface area contributed by atoms with E-state index < -0.39 is 11.7 Å². The summed E-state index contributed by atoms with van der Waals surface area (Å²) in [6, 6.07) is 10.6. The second-order valence-corrected chi connectivity index (χ2v) is 7.07. The van der Waals surface area contributed by atoms with Gasteiger partial charge in [-0.2, -0.15) is 13.2 Å². The first kappa shape index (κ1) is 18.6. The highest BCUT2D eigenvalue weighted by molar-refractivity contribution is 7.99. The predicted octanol–water partition coefficient (Wildman–Crippen LogP) is 5.87. The number of Topliss-reactive ketones (excluding diaryl/α,β-unsaturated/α-hetero) is 1. The summed E-state index contributed by atoms with van der Waals surface area (Å²) in [5.41, 5.74) is 0.169. The van der Waals surface area contributed by atoms with Gasteiger partial charge >= 0.3 is 6.18 Å². The molecule has 2 nitrogen and oxygen atoms in total. The summed E-state index contributed by atoms with van der Waals surface area (Å²) >= 11 is 1.63. The van der Waals surface area contributed by atoms with Gasteiger partial charge in [-0.05, 0) is 41.8 Å². The molecule has 0 amide bonds. The lowest BCUT2D eigenvalue weighted by Gasteiger charge is -2.17. The van der Waals surface area contributed by atoms with Crippen LogP contribution in [0, 0.1) is 0 Å². The van der Waals surface area contributed by atoms with Crippen LogP contribution in [0.1, 0.15) is 34.3 Å². The fourth-order valence-corrected chi connectivity index (χ4v) is 3.66. The topological polar surface area (TPSA) is 26.3 Å². The van der Waals surface area contributed by atoms with Crippen molar-refractivity contribution in [1.29, 1.82) is 0 Å². The van der Waals surface area contributed by atoms with Gasteiger partial charge in [-0.15, -0.1) is 11.8 Å². The van der Waals surface area contributed by atoms with Gasteiger partial charge in [0.15, 0.2) is 5.78 Å². The van der Waals surface area contributed by atoms with Gasteiger partial charge in [0.1, 0.15) is 5.75 Å². The van der Waals surface area contributed by atoms with E-state index >= 15 is 0 Å². The summed E-state index contributed by atoms with van der Waals surface area (Å²) in [5, 5.41) is 0. The number of alkyl halides is 3. The second kappa shape index (κ2) is 7.58. The summed E-state index contributed by atoms with van der Waals surface area (Å²) < 4.78 is 44.8. The molecule has 0 unspecified atom stereocenters. The zero-order chi connectivity index (χ0) is 18.7. The van der Waals surface area contributed by atoms with E-state index in [-0.39, 0.29) is 24.2 Å². The molecule has 136 valence electrons. The van der Waals surface area contributed by atoms with Crippen molar-refractivity contribution in [3.05, 3.63) is 65.7 Å². The summed E-state index contributed by atoms with van der Waals surface area (Å²) in [4.78, 5) is 13.4. The van der Waals surface area contributed by atoms with Crippen molar-refractivity contribution >= 4 is 23.1 Å². The van der Waals surface area contributed by atoms with Crippen molar-refractivity contribution in [2.75, 3.05) is 12.4 Å². The monoisotopic (exact) mass is 378 g/mol. The maximum absolute atomic E-state index is 13.1. The van der Waals surface area contributed by atoms with Gasteiger partial charge in [0, 0.05) is 17.7 Å². The number of thioether (sulfide) groups is 1. The van der Waals surface area contributed by atoms with Crippen LogP contribution in [0.3, 0.4) is 0 Å². The van der Waals surface area contributed by atoms with Gasteiger partial charge in [-0.3, -0.25) is 4.79 Å². The molecule has 0 aliphatic carbocycles. The van der Waals surface area contributed by atoms with Gasteiger partial charge in [0.05, 0.1) is 17.1 Å². The zero-order valence-corrected chi connectivity index (χ0v) is 14.8. The van der Waals surface area contributed by atoms with Crippen LogP contribution in [0.5, 0.6) is 5.75 Å². The van der Waals surface area contributed by atoms with Crippen LogP contribution in [-0.4, -0.2) is 18.1 Å². The second-order valence-electron chi connectivity index (χ2n) is 5.93. The molecule has 6 heteroatoms. The van der Waals surface area contributed by atoms with Gasteiger partial charge in [-0.25, -0.2) is 0 Å². The van der Waals surface area contributed by atoms with Gasteiger partial charge in [-0.1, -0.05) is 24.8 Å². The first-order valence-corrected chi connectivity index (χ1v) is 9.12. The highest BCUT2D eigenvalue weighted by atomic mass is 32.2. The summed E-state index contributed by atoms with van der Waals surface area (Å²) in [6.07, 6.45) is -4.17. The fraction of sp³-hybridized carbons (Fsp3) is 0.250. The fourth-order valence-electron chi connectivity index (χ4n) is 2.80. The molecule has 26 heavy (non-hydrogen) atoms. The van der Waals surface area contributed by atoms with Crippen LogP contribution in [0.4, 0.5) is 13.2 Å². The van der Waals surface area contributed by atoms with E-state index in [4.69, 9.17) is 4.74 Å². The SMILES string of the molecule is C=C(CCC(=O)c1ccc2c(c1)SCCO2)c1ccccc1C(F)(F)F. The maximum atomic E-state index is 13.1. The van der Waals surface area contributed by atoms with Crippen LogP contribution < -0.4 is 4.74 Å². The van der Waals surface area contributed by atoms with Crippen LogP contribution in [0.25, 0.3) is 5.57 Å². The lowest BCUT2D eigenvalue weighted by Crippen LogP contribution is -2.09. The number of hydrogen-bond acceptors (Lipinski definition) is 3. The Balaban J connectivity index is 1.70. The summed E-state index contributed by atoms with van der Waals surface area (Å²) in [6.45, 7) is 4.40. The summed E-state index contributed by atoms with van der Waals surface area (Å²) in [5.74, 6) is 1.47. The Morgan fingerprint density at radius 3 is 2.69 bits per heavy atom. The van der Waals surface area contributed by atoms with E-state index in [1.165, 1.54) is 18.2 Å². The first-order chi connectivity index (χ1) is 12.4. The third-order valence-electron chi connectivity index (χ3n) is 4.13. The molecule has 2 aromatic carbocycles. The van der Waals surface area contributed by atoms with E-state index in [9.17, 15) is 18.0 Å². The Kier molecular flexibility index (Phi) is 5.41.